The number of nitrogens with zero attached hydrogens (tertiary/aromatic N) is 3. The predicted molar refractivity (Wildman–Crippen MR) is 67.1 cm³/mol. The molecule has 0 spiro atoms. The highest BCUT2D eigenvalue weighted by Crippen LogP contribution is 2.13. The number of anilines is 1. The maximum Gasteiger partial charge on any atom is 0.322 e. The minimum atomic E-state index is -0.0237. The third-order valence-electron chi connectivity index (χ3n) is 1.73. The van der Waals surface area contributed by atoms with Crippen LogP contribution in [0.2, 0.25) is 5.28 Å². The molecule has 6 heteroatoms. The first-order valence-corrected chi connectivity index (χ1v) is 5.67. The van der Waals surface area contributed by atoms with Gasteiger partial charge in [-0.2, -0.15) is 15.0 Å². The Balaban J connectivity index is 2.79. The summed E-state index contributed by atoms with van der Waals surface area (Å²) in [7, 11) is 0. The maximum atomic E-state index is 5.77. The molecule has 1 aromatic heterocycles. The normalized spacial score (nSPS) is 12.0. The van der Waals surface area contributed by atoms with Gasteiger partial charge in [0.15, 0.2) is 0 Å². The molecule has 92 valence electrons. The number of ether oxygens (including phenoxy) is 1. The van der Waals surface area contributed by atoms with Crippen LogP contribution in [-0.4, -0.2) is 27.1 Å². The Bertz CT molecular complexity index is 416. The number of nitrogens with one attached hydrogen (secondary N) is 1. The molecular formula is C11H15ClN4O. The van der Waals surface area contributed by atoms with E-state index in [0.717, 1.165) is 0 Å². The van der Waals surface area contributed by atoms with Crippen molar-refractivity contribution in [1.29, 1.82) is 0 Å². The van der Waals surface area contributed by atoms with Gasteiger partial charge >= 0.3 is 6.01 Å². The van der Waals surface area contributed by atoms with Crippen molar-refractivity contribution in [1.82, 2.24) is 15.0 Å². The number of aromatic nitrogens is 3. The molecule has 0 saturated heterocycles. The lowest BCUT2D eigenvalue weighted by molar-refractivity contribution is 0.222. The molecule has 0 aliphatic rings. The molecular weight excluding hydrogens is 240 g/mol. The largest absolute Gasteiger partial charge is 0.461 e. The molecule has 1 rings (SSSR count). The zero-order chi connectivity index (χ0) is 12.8. The number of rotatable bonds is 5. The number of terminal acetylenes is 1. The Hall–Kier alpha value is -1.54. The molecule has 0 aromatic carbocycles. The molecule has 0 saturated carbocycles. The quantitative estimate of drug-likeness (QED) is 0.816. The lowest BCUT2D eigenvalue weighted by atomic mass is 10.2. The standard InChI is InChI=1S/C11H15ClN4O/c1-5-6-8(4)13-10-14-9(12)15-11(16-10)17-7(2)3/h1,7-8H,6H2,2-4H3,(H,13,14,15,16). The van der Waals surface area contributed by atoms with E-state index in [0.29, 0.717) is 12.4 Å². The van der Waals surface area contributed by atoms with Crippen LogP contribution in [0.3, 0.4) is 0 Å². The van der Waals surface area contributed by atoms with Crippen molar-refractivity contribution in [3.05, 3.63) is 5.28 Å². The van der Waals surface area contributed by atoms with Crippen molar-refractivity contribution in [3.8, 4) is 18.4 Å². The van der Waals surface area contributed by atoms with Gasteiger partial charge in [0.05, 0.1) is 6.10 Å². The summed E-state index contributed by atoms with van der Waals surface area (Å²) in [6.07, 6.45) is 5.76. The molecule has 1 atom stereocenters. The van der Waals surface area contributed by atoms with Crippen molar-refractivity contribution in [2.45, 2.75) is 39.3 Å². The van der Waals surface area contributed by atoms with Crippen molar-refractivity contribution in [2.24, 2.45) is 0 Å². The molecule has 0 aliphatic carbocycles. The van der Waals surface area contributed by atoms with Crippen LogP contribution in [0.1, 0.15) is 27.2 Å². The second-order valence-electron chi connectivity index (χ2n) is 3.83. The van der Waals surface area contributed by atoms with E-state index in [1.165, 1.54) is 0 Å². The minimum Gasteiger partial charge on any atom is -0.461 e. The fourth-order valence-corrected chi connectivity index (χ4v) is 1.26. The SMILES string of the molecule is C#CCC(C)Nc1nc(Cl)nc(OC(C)C)n1. The molecule has 0 aliphatic heterocycles. The predicted octanol–water partition coefficient (Wildman–Crippen LogP) is 2.14. The van der Waals surface area contributed by atoms with Crippen molar-refractivity contribution in [2.75, 3.05) is 5.32 Å². The van der Waals surface area contributed by atoms with Crippen molar-refractivity contribution < 1.29 is 4.74 Å². The van der Waals surface area contributed by atoms with Crippen LogP contribution in [-0.2, 0) is 0 Å². The van der Waals surface area contributed by atoms with Gasteiger partial charge in [-0.1, -0.05) is 0 Å². The molecule has 1 unspecified atom stereocenters. The smallest absolute Gasteiger partial charge is 0.322 e. The van der Waals surface area contributed by atoms with Crippen LogP contribution in [0.15, 0.2) is 0 Å². The van der Waals surface area contributed by atoms with Gasteiger partial charge in [0.25, 0.3) is 0 Å². The average Bonchev–Trinajstić information content (AvgIpc) is 2.14. The summed E-state index contributed by atoms with van der Waals surface area (Å²) < 4.78 is 5.35. The average molecular weight is 255 g/mol. The molecule has 1 heterocycles. The monoisotopic (exact) mass is 254 g/mol. The van der Waals surface area contributed by atoms with Gasteiger partial charge < -0.3 is 10.1 Å². The first kappa shape index (κ1) is 13.5. The van der Waals surface area contributed by atoms with E-state index < -0.39 is 0 Å². The molecule has 17 heavy (non-hydrogen) atoms. The van der Waals surface area contributed by atoms with E-state index >= 15 is 0 Å². The topological polar surface area (TPSA) is 59.9 Å². The van der Waals surface area contributed by atoms with E-state index in [1.807, 2.05) is 20.8 Å². The van der Waals surface area contributed by atoms with E-state index in [4.69, 9.17) is 22.8 Å². The van der Waals surface area contributed by atoms with Crippen LogP contribution in [0, 0.1) is 12.3 Å². The summed E-state index contributed by atoms with van der Waals surface area (Å²) in [6, 6.07) is 0.265. The summed E-state index contributed by atoms with van der Waals surface area (Å²) in [6.45, 7) is 5.69. The molecule has 5 nitrogen and oxygen atoms in total. The summed E-state index contributed by atoms with van der Waals surface area (Å²) in [5.41, 5.74) is 0. The van der Waals surface area contributed by atoms with Crippen LogP contribution in [0.5, 0.6) is 6.01 Å². The zero-order valence-electron chi connectivity index (χ0n) is 10.1. The second-order valence-corrected chi connectivity index (χ2v) is 4.17. The van der Waals surface area contributed by atoms with E-state index in [9.17, 15) is 0 Å². The van der Waals surface area contributed by atoms with Crippen LogP contribution >= 0.6 is 11.6 Å². The Kier molecular flexibility index (Phi) is 4.98. The minimum absolute atomic E-state index is 0.0237. The number of hydrogen-bond donors (Lipinski definition) is 1. The first-order valence-electron chi connectivity index (χ1n) is 5.29. The Labute approximate surface area is 106 Å². The van der Waals surface area contributed by atoms with Gasteiger partial charge in [-0.25, -0.2) is 0 Å². The Morgan fingerprint density at radius 3 is 2.65 bits per heavy atom. The summed E-state index contributed by atoms with van der Waals surface area (Å²) in [4.78, 5) is 11.9. The van der Waals surface area contributed by atoms with Gasteiger partial charge in [0.1, 0.15) is 0 Å². The molecule has 1 aromatic rings. The molecule has 0 bridgehead atoms. The van der Waals surface area contributed by atoms with Gasteiger partial charge in [-0.05, 0) is 32.4 Å². The van der Waals surface area contributed by atoms with Crippen LogP contribution in [0.4, 0.5) is 5.95 Å². The zero-order valence-corrected chi connectivity index (χ0v) is 10.8. The lowest BCUT2D eigenvalue weighted by Crippen LogP contribution is -2.17. The third-order valence-corrected chi connectivity index (χ3v) is 1.90. The van der Waals surface area contributed by atoms with Gasteiger partial charge in [-0.15, -0.1) is 12.3 Å². The summed E-state index contributed by atoms with van der Waals surface area (Å²) in [5, 5.41) is 3.12. The highest BCUT2D eigenvalue weighted by atomic mass is 35.5. The summed E-state index contributed by atoms with van der Waals surface area (Å²) in [5.74, 6) is 2.92. The fourth-order valence-electron chi connectivity index (χ4n) is 1.11. The van der Waals surface area contributed by atoms with E-state index in [-0.39, 0.29) is 23.4 Å². The van der Waals surface area contributed by atoms with Gasteiger partial charge in [0, 0.05) is 12.5 Å². The van der Waals surface area contributed by atoms with Crippen LogP contribution < -0.4 is 10.1 Å². The highest BCUT2D eigenvalue weighted by molar-refractivity contribution is 6.28. The Morgan fingerprint density at radius 2 is 2.06 bits per heavy atom. The molecule has 0 fully saturated rings. The van der Waals surface area contributed by atoms with Gasteiger partial charge in [-0.3, -0.25) is 0 Å². The van der Waals surface area contributed by atoms with Crippen molar-refractivity contribution in [3.63, 3.8) is 0 Å². The number of hydrogen-bond acceptors (Lipinski definition) is 5. The van der Waals surface area contributed by atoms with Crippen molar-refractivity contribution >= 4 is 17.5 Å². The third kappa shape index (κ3) is 4.87. The number of halogens is 1. The highest BCUT2D eigenvalue weighted by Gasteiger charge is 2.09. The fraction of sp³-hybridized carbons (Fsp3) is 0.545. The van der Waals surface area contributed by atoms with E-state index in [1.54, 1.807) is 0 Å². The maximum absolute atomic E-state index is 5.77. The second kappa shape index (κ2) is 6.26. The first-order chi connectivity index (χ1) is 8.01. The molecule has 0 amide bonds. The van der Waals surface area contributed by atoms with Gasteiger partial charge in [0.2, 0.25) is 11.2 Å². The van der Waals surface area contributed by atoms with Crippen LogP contribution in [0.25, 0.3) is 0 Å². The molecule has 1 N–H and O–H groups in total. The summed E-state index contributed by atoms with van der Waals surface area (Å²) >= 11 is 5.77. The van der Waals surface area contributed by atoms with E-state index in [2.05, 4.69) is 26.2 Å². The Morgan fingerprint density at radius 1 is 1.35 bits per heavy atom. The molecule has 0 radical (unpaired) electrons. The lowest BCUT2D eigenvalue weighted by Gasteiger charge is -2.12.